The zero-order chi connectivity index (χ0) is 18.7. The zero-order valence-electron chi connectivity index (χ0n) is 15.5. The summed E-state index contributed by atoms with van der Waals surface area (Å²) >= 11 is 1.54. The van der Waals surface area contributed by atoms with Crippen LogP contribution < -0.4 is 0 Å². The van der Waals surface area contributed by atoms with Gasteiger partial charge in [-0.15, -0.1) is 11.8 Å². The molecular weight excluding hydrogens is 346 g/mol. The van der Waals surface area contributed by atoms with Crippen molar-refractivity contribution in [3.8, 4) is 0 Å². The van der Waals surface area contributed by atoms with Crippen LogP contribution in [0.2, 0.25) is 0 Å². The zero-order valence-corrected chi connectivity index (χ0v) is 16.3. The summed E-state index contributed by atoms with van der Waals surface area (Å²) in [5, 5.41) is 0. The molecule has 0 spiro atoms. The van der Waals surface area contributed by atoms with Crippen molar-refractivity contribution < 1.29 is 14.3 Å². The number of benzene rings is 1. The Hall–Kier alpha value is -2.01. The van der Waals surface area contributed by atoms with Gasteiger partial charge in [0.15, 0.2) is 0 Å². The molecule has 0 amide bonds. The van der Waals surface area contributed by atoms with Crippen LogP contribution in [0.5, 0.6) is 0 Å². The van der Waals surface area contributed by atoms with Crippen LogP contribution in [-0.2, 0) is 16.1 Å². The van der Waals surface area contributed by atoms with Gasteiger partial charge in [0.2, 0.25) is 5.78 Å². The molecule has 1 aromatic heterocycles. The molecule has 3 rings (SSSR count). The monoisotopic (exact) mass is 371 g/mol. The molecule has 1 aliphatic heterocycles. The second-order valence-corrected chi connectivity index (χ2v) is 7.87. The summed E-state index contributed by atoms with van der Waals surface area (Å²) in [5.74, 6) is 0.0714. The second kappa shape index (κ2) is 8.12. The number of esters is 1. The summed E-state index contributed by atoms with van der Waals surface area (Å²) in [6.45, 7) is 5.36. The number of aromatic nitrogens is 1. The van der Waals surface area contributed by atoms with Crippen molar-refractivity contribution >= 4 is 23.5 Å². The van der Waals surface area contributed by atoms with Crippen LogP contribution >= 0.6 is 11.8 Å². The first-order valence-electron chi connectivity index (χ1n) is 9.06. The van der Waals surface area contributed by atoms with Crippen LogP contribution in [0.3, 0.4) is 0 Å². The Morgan fingerprint density at radius 2 is 2.00 bits per heavy atom. The van der Waals surface area contributed by atoms with Crippen molar-refractivity contribution in [1.82, 2.24) is 4.57 Å². The lowest BCUT2D eigenvalue weighted by molar-refractivity contribution is -0.145. The van der Waals surface area contributed by atoms with E-state index < -0.39 is 0 Å². The molecule has 0 fully saturated rings. The molecule has 4 nitrogen and oxygen atoms in total. The number of hydrogen-bond acceptors (Lipinski definition) is 4. The van der Waals surface area contributed by atoms with Crippen LogP contribution in [0.25, 0.3) is 0 Å². The van der Waals surface area contributed by atoms with E-state index in [2.05, 4.69) is 13.8 Å². The highest BCUT2D eigenvalue weighted by Crippen LogP contribution is 2.37. The molecule has 0 bridgehead atoms. The summed E-state index contributed by atoms with van der Waals surface area (Å²) in [6, 6.07) is 11.3. The molecule has 0 saturated carbocycles. The average Bonchev–Trinajstić information content (AvgIpc) is 3.19. The Labute approximate surface area is 158 Å². The fourth-order valence-corrected chi connectivity index (χ4v) is 3.96. The van der Waals surface area contributed by atoms with Crippen LogP contribution in [0.15, 0.2) is 41.3 Å². The van der Waals surface area contributed by atoms with E-state index in [0.717, 1.165) is 17.0 Å². The second-order valence-electron chi connectivity index (χ2n) is 7.02. The quantitative estimate of drug-likeness (QED) is 0.408. The number of thioether (sulfide) groups is 1. The van der Waals surface area contributed by atoms with Gasteiger partial charge in [0.25, 0.3) is 0 Å². The minimum atomic E-state index is -0.273. The van der Waals surface area contributed by atoms with E-state index in [-0.39, 0.29) is 17.7 Å². The largest absolute Gasteiger partial charge is 0.465 e. The maximum Gasteiger partial charge on any atom is 0.315 e. The molecule has 1 atom stereocenters. The van der Waals surface area contributed by atoms with Crippen LogP contribution in [0.4, 0.5) is 0 Å². The number of hydrogen-bond donors (Lipinski definition) is 0. The van der Waals surface area contributed by atoms with E-state index in [4.69, 9.17) is 4.74 Å². The summed E-state index contributed by atoms with van der Waals surface area (Å²) < 4.78 is 7.49. The Morgan fingerprint density at radius 3 is 2.65 bits per heavy atom. The molecule has 0 N–H and O–H groups in total. The van der Waals surface area contributed by atoms with Gasteiger partial charge in [-0.1, -0.05) is 44.2 Å². The molecule has 1 unspecified atom stereocenters. The first-order chi connectivity index (χ1) is 12.5. The number of fused-ring (bicyclic) bond motifs is 1. The highest BCUT2D eigenvalue weighted by molar-refractivity contribution is 7.98. The fourth-order valence-electron chi connectivity index (χ4n) is 3.33. The van der Waals surface area contributed by atoms with Gasteiger partial charge < -0.3 is 9.30 Å². The summed E-state index contributed by atoms with van der Waals surface area (Å²) in [7, 11) is 0. The molecule has 138 valence electrons. The van der Waals surface area contributed by atoms with Crippen LogP contribution in [0, 0.1) is 5.92 Å². The number of ether oxygens (including phenoxy) is 1. The fraction of sp³-hybridized carbons (Fsp3) is 0.429. The van der Waals surface area contributed by atoms with Crippen molar-refractivity contribution in [2.45, 2.75) is 44.0 Å². The maximum absolute atomic E-state index is 13.0. The third-order valence-electron chi connectivity index (χ3n) is 4.79. The maximum atomic E-state index is 13.0. The minimum absolute atomic E-state index is 0.00928. The normalized spacial score (nSPS) is 15.9. The van der Waals surface area contributed by atoms with Gasteiger partial charge >= 0.3 is 5.97 Å². The summed E-state index contributed by atoms with van der Waals surface area (Å²) in [5.41, 5.74) is 2.27. The molecule has 2 aromatic rings. The van der Waals surface area contributed by atoms with Gasteiger partial charge in [-0.05, 0) is 31.1 Å². The van der Waals surface area contributed by atoms with Gasteiger partial charge in [-0.3, -0.25) is 9.59 Å². The lowest BCUT2D eigenvalue weighted by Gasteiger charge is -2.11. The number of ketones is 1. The van der Waals surface area contributed by atoms with Crippen LogP contribution in [0.1, 0.15) is 54.4 Å². The van der Waals surface area contributed by atoms with Crippen molar-refractivity contribution in [3.05, 3.63) is 53.3 Å². The molecule has 2 heterocycles. The first-order valence-corrected chi connectivity index (χ1v) is 10.3. The molecule has 1 aromatic carbocycles. The van der Waals surface area contributed by atoms with Crippen molar-refractivity contribution in [2.24, 2.45) is 5.92 Å². The predicted octanol–water partition coefficient (Wildman–Crippen LogP) is 4.52. The standard InChI is InChI=1S/C21H25NO3S/c1-14(2)10-12-25-21(24)16-9-11-22-17(16)13-18(26-3)19(22)20(23)15-7-5-4-6-8-15/h4-8,13-14,16H,9-12H2,1-3H3. The van der Waals surface area contributed by atoms with E-state index >= 15 is 0 Å². The third-order valence-corrected chi connectivity index (χ3v) is 5.54. The van der Waals surface area contributed by atoms with E-state index in [0.29, 0.717) is 36.7 Å². The number of nitrogens with zero attached hydrogens (tertiary/aromatic N) is 1. The lowest BCUT2D eigenvalue weighted by atomic mass is 10.0. The van der Waals surface area contributed by atoms with Gasteiger partial charge in [-0.25, -0.2) is 0 Å². The molecular formula is C21H25NO3S. The highest BCUT2D eigenvalue weighted by atomic mass is 32.2. The highest BCUT2D eigenvalue weighted by Gasteiger charge is 2.35. The third kappa shape index (κ3) is 3.73. The number of carbonyl (C=O) groups is 2. The van der Waals surface area contributed by atoms with Gasteiger partial charge in [0.05, 0.1) is 12.5 Å². The topological polar surface area (TPSA) is 48.3 Å². The SMILES string of the molecule is CSc1cc2n(c1C(=O)c1ccccc1)CCC2C(=O)OCCC(C)C. The minimum Gasteiger partial charge on any atom is -0.465 e. The van der Waals surface area contributed by atoms with E-state index in [1.54, 1.807) is 11.8 Å². The molecule has 0 radical (unpaired) electrons. The van der Waals surface area contributed by atoms with Crippen molar-refractivity contribution in [3.63, 3.8) is 0 Å². The molecule has 1 aliphatic rings. The smallest absolute Gasteiger partial charge is 0.315 e. The Morgan fingerprint density at radius 1 is 1.27 bits per heavy atom. The van der Waals surface area contributed by atoms with E-state index in [1.165, 1.54) is 0 Å². The Balaban J connectivity index is 1.85. The van der Waals surface area contributed by atoms with Gasteiger partial charge in [0, 0.05) is 22.7 Å². The lowest BCUT2D eigenvalue weighted by Crippen LogP contribution is -2.15. The Bertz CT molecular complexity index is 795. The predicted molar refractivity (Wildman–Crippen MR) is 104 cm³/mol. The first kappa shape index (κ1) is 18.8. The molecule has 0 aliphatic carbocycles. The molecule has 5 heteroatoms. The van der Waals surface area contributed by atoms with E-state index in [9.17, 15) is 9.59 Å². The summed E-state index contributed by atoms with van der Waals surface area (Å²) in [6.07, 6.45) is 3.52. The number of carbonyl (C=O) groups excluding carboxylic acids is 2. The molecule has 0 saturated heterocycles. The van der Waals surface area contributed by atoms with Gasteiger partial charge in [0.1, 0.15) is 5.69 Å². The van der Waals surface area contributed by atoms with Crippen molar-refractivity contribution in [1.29, 1.82) is 0 Å². The van der Waals surface area contributed by atoms with Crippen LogP contribution in [-0.4, -0.2) is 29.2 Å². The van der Waals surface area contributed by atoms with E-state index in [1.807, 2.05) is 47.2 Å². The Kier molecular flexibility index (Phi) is 5.87. The van der Waals surface area contributed by atoms with Gasteiger partial charge in [-0.2, -0.15) is 0 Å². The summed E-state index contributed by atoms with van der Waals surface area (Å²) in [4.78, 5) is 26.5. The van der Waals surface area contributed by atoms with Crippen molar-refractivity contribution in [2.75, 3.05) is 12.9 Å². The average molecular weight is 372 g/mol. The number of rotatable bonds is 7. The molecule has 26 heavy (non-hydrogen) atoms.